The van der Waals surface area contributed by atoms with E-state index in [9.17, 15) is 14.4 Å². The highest BCUT2D eigenvalue weighted by molar-refractivity contribution is 6.30. The molecule has 12 heteroatoms. The number of halogens is 1. The molecule has 0 aliphatic carbocycles. The number of para-hydroxylation sites is 1. The van der Waals surface area contributed by atoms with Gasteiger partial charge in [0.1, 0.15) is 22.4 Å². The van der Waals surface area contributed by atoms with E-state index in [-0.39, 0.29) is 28.4 Å². The highest BCUT2D eigenvalue weighted by Gasteiger charge is 2.19. The first-order chi connectivity index (χ1) is 17.9. The molecule has 6 aromatic rings. The van der Waals surface area contributed by atoms with Crippen LogP contribution in [0.4, 0.5) is 5.82 Å². The van der Waals surface area contributed by atoms with E-state index in [0.29, 0.717) is 27.4 Å². The van der Waals surface area contributed by atoms with E-state index in [1.807, 2.05) is 0 Å². The minimum atomic E-state index is -0.780. The zero-order chi connectivity index (χ0) is 25.7. The maximum Gasteiger partial charge on any atom is 0.349 e. The number of anilines is 1. The summed E-state index contributed by atoms with van der Waals surface area (Å²) < 4.78 is 8.02. The Balaban J connectivity index is 1.43. The summed E-state index contributed by atoms with van der Waals surface area (Å²) in [6, 6.07) is 16.9. The van der Waals surface area contributed by atoms with Crippen LogP contribution in [0, 0.1) is 6.92 Å². The van der Waals surface area contributed by atoms with Crippen LogP contribution in [0.5, 0.6) is 0 Å². The van der Waals surface area contributed by atoms with Crippen molar-refractivity contribution in [2.45, 2.75) is 6.92 Å². The van der Waals surface area contributed by atoms with E-state index in [0.717, 1.165) is 0 Å². The highest BCUT2D eigenvalue weighted by atomic mass is 35.5. The van der Waals surface area contributed by atoms with Crippen molar-refractivity contribution in [1.82, 2.24) is 29.5 Å². The van der Waals surface area contributed by atoms with Gasteiger partial charge in [-0.25, -0.2) is 9.48 Å². The van der Waals surface area contributed by atoms with Crippen molar-refractivity contribution >= 4 is 45.3 Å². The summed E-state index contributed by atoms with van der Waals surface area (Å²) in [6.45, 7) is 1.71. The summed E-state index contributed by atoms with van der Waals surface area (Å²) in [5.74, 6) is -0.477. The normalized spacial score (nSPS) is 11.3. The van der Waals surface area contributed by atoms with Gasteiger partial charge in [0.25, 0.3) is 11.5 Å². The lowest BCUT2D eigenvalue weighted by molar-refractivity contribution is 0.102. The smallest absolute Gasteiger partial charge is 0.349 e. The summed E-state index contributed by atoms with van der Waals surface area (Å²) in [5, 5.41) is 12.7. The quantitative estimate of drug-likeness (QED) is 0.343. The van der Waals surface area contributed by atoms with Crippen molar-refractivity contribution < 1.29 is 9.21 Å². The fourth-order valence-corrected chi connectivity index (χ4v) is 4.14. The van der Waals surface area contributed by atoms with Gasteiger partial charge in [0.15, 0.2) is 5.65 Å². The van der Waals surface area contributed by atoms with E-state index < -0.39 is 17.1 Å². The van der Waals surface area contributed by atoms with Crippen LogP contribution in [0.2, 0.25) is 5.02 Å². The number of benzene rings is 2. The van der Waals surface area contributed by atoms with Crippen LogP contribution in [-0.2, 0) is 0 Å². The maximum atomic E-state index is 13.0. The second-order valence-electron chi connectivity index (χ2n) is 8.19. The first kappa shape index (κ1) is 22.4. The van der Waals surface area contributed by atoms with Gasteiger partial charge in [0.2, 0.25) is 5.95 Å². The molecule has 0 bridgehead atoms. The number of nitrogens with zero attached hydrogens (tertiary/aromatic N) is 5. The number of aromatic nitrogens is 6. The second kappa shape index (κ2) is 8.57. The molecule has 0 unspecified atom stereocenters. The van der Waals surface area contributed by atoms with E-state index in [1.165, 1.54) is 21.6 Å². The molecule has 0 saturated carbocycles. The lowest BCUT2D eigenvalue weighted by atomic mass is 10.2. The fraction of sp³-hybridized carbons (Fsp3) is 0.0400. The summed E-state index contributed by atoms with van der Waals surface area (Å²) >= 11 is 6.12. The third-order valence-electron chi connectivity index (χ3n) is 5.64. The Hall–Kier alpha value is -5.03. The molecule has 4 aromatic heterocycles. The van der Waals surface area contributed by atoms with Gasteiger partial charge in [-0.2, -0.15) is 19.9 Å². The lowest BCUT2D eigenvalue weighted by Crippen LogP contribution is -2.23. The number of hydrogen-bond acceptors (Lipinski definition) is 7. The molecule has 2 aromatic carbocycles. The molecule has 37 heavy (non-hydrogen) atoms. The molecule has 11 nitrogen and oxygen atoms in total. The highest BCUT2D eigenvalue weighted by Crippen LogP contribution is 2.20. The number of H-pyrrole nitrogens is 1. The minimum Gasteiger partial charge on any atom is -0.422 e. The lowest BCUT2D eigenvalue weighted by Gasteiger charge is -2.09. The van der Waals surface area contributed by atoms with Crippen LogP contribution < -0.4 is 16.5 Å². The first-order valence-electron chi connectivity index (χ1n) is 11.0. The Labute approximate surface area is 211 Å². The summed E-state index contributed by atoms with van der Waals surface area (Å²) in [4.78, 5) is 45.6. The van der Waals surface area contributed by atoms with Crippen molar-refractivity contribution in [3.63, 3.8) is 0 Å². The van der Waals surface area contributed by atoms with E-state index in [4.69, 9.17) is 16.0 Å². The van der Waals surface area contributed by atoms with Gasteiger partial charge in [-0.1, -0.05) is 35.9 Å². The number of aromatic amines is 1. The topological polar surface area (TPSA) is 141 Å². The number of carbonyl (C=O) groups is 1. The zero-order valence-corrected chi connectivity index (χ0v) is 19.9. The van der Waals surface area contributed by atoms with Gasteiger partial charge in [-0.05, 0) is 37.3 Å². The van der Waals surface area contributed by atoms with Crippen LogP contribution in [0.3, 0.4) is 0 Å². The molecule has 4 heterocycles. The van der Waals surface area contributed by atoms with Crippen molar-refractivity contribution in [2.75, 3.05) is 5.32 Å². The van der Waals surface area contributed by atoms with Crippen LogP contribution in [0.1, 0.15) is 16.1 Å². The number of aryl methyl sites for hydroxylation is 1. The monoisotopic (exact) mass is 513 g/mol. The number of carbonyl (C=O) groups excluding carboxylic acids is 1. The Morgan fingerprint density at radius 3 is 2.73 bits per heavy atom. The molecule has 1 amide bonds. The molecule has 182 valence electrons. The number of nitrogens with one attached hydrogen (secondary N) is 2. The number of fused-ring (bicyclic) bond motifs is 2. The Bertz CT molecular complexity index is 1970. The Kier molecular flexibility index (Phi) is 5.20. The molecule has 0 aliphatic heterocycles. The van der Waals surface area contributed by atoms with Crippen molar-refractivity contribution in [3.05, 3.63) is 104 Å². The molecule has 0 radical (unpaired) electrons. The molecule has 0 aliphatic rings. The average Bonchev–Trinajstić information content (AvgIpc) is 3.47. The van der Waals surface area contributed by atoms with Crippen LogP contribution in [0.25, 0.3) is 33.6 Å². The second-order valence-corrected chi connectivity index (χ2v) is 8.62. The van der Waals surface area contributed by atoms with Crippen LogP contribution in [0.15, 0.2) is 80.9 Å². The van der Waals surface area contributed by atoms with Gasteiger partial charge in [0.05, 0.1) is 17.6 Å². The van der Waals surface area contributed by atoms with Gasteiger partial charge in [0, 0.05) is 16.5 Å². The Morgan fingerprint density at radius 2 is 1.89 bits per heavy atom. The molecule has 0 spiro atoms. The molecule has 0 atom stereocenters. The first-order valence-corrected chi connectivity index (χ1v) is 11.4. The molecule has 0 saturated heterocycles. The minimum absolute atomic E-state index is 0.0372. The Morgan fingerprint density at radius 1 is 1.05 bits per heavy atom. The van der Waals surface area contributed by atoms with Crippen LogP contribution in [-0.4, -0.2) is 35.4 Å². The van der Waals surface area contributed by atoms with Crippen molar-refractivity contribution in [3.8, 4) is 11.6 Å². The number of hydrogen-bond donors (Lipinski definition) is 2. The zero-order valence-electron chi connectivity index (χ0n) is 19.1. The molecule has 6 rings (SSSR count). The van der Waals surface area contributed by atoms with E-state index in [2.05, 4.69) is 25.5 Å². The standard InChI is InChI=1S/C25H16ClN7O4/c1-13-9-20(28-22(34)17-10-14-5-2-3-8-19(14)37-24(17)36)33(31-13)25-29-21-18(23(35)30-25)12-27-32(21)16-7-4-6-15(26)11-16/h2-12H,1H3,(H,28,34)(H,29,30,35). The molecular formula is C25H16ClN7O4. The summed E-state index contributed by atoms with van der Waals surface area (Å²) in [6.07, 6.45) is 1.40. The largest absolute Gasteiger partial charge is 0.422 e. The predicted octanol–water partition coefficient (Wildman–Crippen LogP) is 3.62. The average molecular weight is 514 g/mol. The van der Waals surface area contributed by atoms with E-state index in [1.54, 1.807) is 61.5 Å². The van der Waals surface area contributed by atoms with Gasteiger partial charge in [-0.15, -0.1) is 0 Å². The van der Waals surface area contributed by atoms with E-state index >= 15 is 0 Å². The number of amides is 1. The third kappa shape index (κ3) is 3.96. The van der Waals surface area contributed by atoms with Crippen molar-refractivity contribution in [1.29, 1.82) is 0 Å². The van der Waals surface area contributed by atoms with Gasteiger partial charge >= 0.3 is 5.63 Å². The number of rotatable bonds is 4. The molecule has 2 N–H and O–H groups in total. The van der Waals surface area contributed by atoms with Crippen LogP contribution >= 0.6 is 11.6 Å². The van der Waals surface area contributed by atoms with Crippen molar-refractivity contribution in [2.24, 2.45) is 0 Å². The van der Waals surface area contributed by atoms with Gasteiger partial charge in [-0.3, -0.25) is 14.6 Å². The third-order valence-corrected chi connectivity index (χ3v) is 5.87. The molecular weight excluding hydrogens is 498 g/mol. The summed E-state index contributed by atoms with van der Waals surface area (Å²) in [7, 11) is 0. The SMILES string of the molecule is Cc1cc(NC(=O)c2cc3ccccc3oc2=O)n(-c2nc3c(cnn3-c3cccc(Cl)c3)c(=O)[nH]2)n1. The fourth-order valence-electron chi connectivity index (χ4n) is 3.96. The molecule has 0 fully saturated rings. The predicted molar refractivity (Wildman–Crippen MR) is 137 cm³/mol. The van der Waals surface area contributed by atoms with Gasteiger partial charge < -0.3 is 9.73 Å². The summed E-state index contributed by atoms with van der Waals surface area (Å²) in [5.41, 5.74) is 0.371. The maximum absolute atomic E-state index is 13.0.